The maximum Gasteiger partial charge on any atom is 0.00695 e. The summed E-state index contributed by atoms with van der Waals surface area (Å²) in [7, 11) is 0. The van der Waals surface area contributed by atoms with Crippen LogP contribution in [0.15, 0.2) is 55.1 Å². The monoisotopic (exact) mass is 222 g/mol. The third-order valence-electron chi connectivity index (χ3n) is 3.34. The molecular formula is C17H18. The van der Waals surface area contributed by atoms with Gasteiger partial charge >= 0.3 is 0 Å². The average Bonchev–Trinajstić information content (AvgIpc) is 2.38. The van der Waals surface area contributed by atoms with Crippen LogP contribution in [0.25, 0.3) is 6.08 Å². The predicted octanol–water partition coefficient (Wildman–Crippen LogP) is 4.79. The molecule has 17 heavy (non-hydrogen) atoms. The minimum atomic E-state index is 0.408. The van der Waals surface area contributed by atoms with Crippen molar-refractivity contribution in [1.29, 1.82) is 0 Å². The van der Waals surface area contributed by atoms with Gasteiger partial charge in [-0.3, -0.25) is 0 Å². The first-order valence-electron chi connectivity index (χ1n) is 6.01. The van der Waals surface area contributed by atoms with Gasteiger partial charge in [-0.25, -0.2) is 0 Å². The smallest absolute Gasteiger partial charge is 0.00695 e. The van der Waals surface area contributed by atoms with Crippen LogP contribution in [0.4, 0.5) is 0 Å². The minimum absolute atomic E-state index is 0.408. The summed E-state index contributed by atoms with van der Waals surface area (Å²) in [4.78, 5) is 0. The third kappa shape index (κ3) is 2.31. The summed E-state index contributed by atoms with van der Waals surface area (Å²) in [5.74, 6) is 0.408. The van der Waals surface area contributed by atoms with Crippen molar-refractivity contribution in [3.63, 3.8) is 0 Å². The summed E-state index contributed by atoms with van der Waals surface area (Å²) in [6, 6.07) is 17.0. The Hall–Kier alpha value is -1.82. The highest BCUT2D eigenvalue weighted by atomic mass is 14.2. The first-order chi connectivity index (χ1) is 8.24. The van der Waals surface area contributed by atoms with Crippen molar-refractivity contribution in [3.05, 3.63) is 77.4 Å². The summed E-state index contributed by atoms with van der Waals surface area (Å²) in [6.45, 7) is 8.31. The number of hydrogen-bond acceptors (Lipinski definition) is 0. The lowest BCUT2D eigenvalue weighted by atomic mass is 9.87. The van der Waals surface area contributed by atoms with Crippen LogP contribution in [-0.2, 0) is 0 Å². The van der Waals surface area contributed by atoms with Crippen molar-refractivity contribution in [3.8, 4) is 0 Å². The summed E-state index contributed by atoms with van der Waals surface area (Å²) < 4.78 is 0. The Bertz CT molecular complexity index is 523. The third-order valence-corrected chi connectivity index (χ3v) is 3.34. The molecule has 0 saturated heterocycles. The van der Waals surface area contributed by atoms with Crippen LogP contribution in [0.1, 0.15) is 35.1 Å². The maximum atomic E-state index is 3.89. The molecule has 1 atom stereocenters. The van der Waals surface area contributed by atoms with Crippen molar-refractivity contribution >= 4 is 6.08 Å². The Labute approximate surface area is 104 Å². The van der Waals surface area contributed by atoms with Crippen molar-refractivity contribution < 1.29 is 0 Å². The molecule has 2 aromatic rings. The van der Waals surface area contributed by atoms with Crippen molar-refractivity contribution in [2.75, 3.05) is 0 Å². The van der Waals surface area contributed by atoms with Crippen molar-refractivity contribution in [1.82, 2.24) is 0 Å². The van der Waals surface area contributed by atoms with Gasteiger partial charge in [0, 0.05) is 5.92 Å². The fourth-order valence-corrected chi connectivity index (χ4v) is 2.33. The van der Waals surface area contributed by atoms with Gasteiger partial charge in [-0.05, 0) is 29.2 Å². The second-order valence-electron chi connectivity index (χ2n) is 4.41. The van der Waals surface area contributed by atoms with E-state index in [1.807, 2.05) is 6.08 Å². The van der Waals surface area contributed by atoms with Gasteiger partial charge in [-0.1, -0.05) is 68.1 Å². The Morgan fingerprint density at radius 3 is 2.18 bits per heavy atom. The fraction of sp³-hybridized carbons (Fsp3) is 0.176. The molecule has 0 heterocycles. The SMILES string of the molecule is C=Cc1ccccc1C(C)c1ccccc1C. The molecule has 2 aromatic carbocycles. The second kappa shape index (κ2) is 5.01. The van der Waals surface area contributed by atoms with Crippen LogP contribution >= 0.6 is 0 Å². The zero-order valence-electron chi connectivity index (χ0n) is 10.5. The molecule has 0 bridgehead atoms. The zero-order valence-corrected chi connectivity index (χ0v) is 10.5. The van der Waals surface area contributed by atoms with Gasteiger partial charge in [0.2, 0.25) is 0 Å². The van der Waals surface area contributed by atoms with E-state index in [-0.39, 0.29) is 0 Å². The van der Waals surface area contributed by atoms with Crippen molar-refractivity contribution in [2.45, 2.75) is 19.8 Å². The first kappa shape index (κ1) is 11.7. The van der Waals surface area contributed by atoms with E-state index in [0.29, 0.717) is 5.92 Å². The molecule has 0 radical (unpaired) electrons. The highest BCUT2D eigenvalue weighted by Crippen LogP contribution is 2.29. The Kier molecular flexibility index (Phi) is 3.43. The van der Waals surface area contributed by atoms with Gasteiger partial charge in [0.25, 0.3) is 0 Å². The predicted molar refractivity (Wildman–Crippen MR) is 75.2 cm³/mol. The lowest BCUT2D eigenvalue weighted by Gasteiger charge is -2.17. The summed E-state index contributed by atoms with van der Waals surface area (Å²) in [5.41, 5.74) is 5.31. The molecule has 0 spiro atoms. The maximum absolute atomic E-state index is 3.89. The van der Waals surface area contributed by atoms with Gasteiger partial charge < -0.3 is 0 Å². The zero-order chi connectivity index (χ0) is 12.3. The molecule has 0 aliphatic carbocycles. The Balaban J connectivity index is 2.47. The van der Waals surface area contributed by atoms with Crippen LogP contribution in [0.2, 0.25) is 0 Å². The van der Waals surface area contributed by atoms with Gasteiger partial charge in [-0.2, -0.15) is 0 Å². The average molecular weight is 222 g/mol. The summed E-state index contributed by atoms with van der Waals surface area (Å²) in [6.07, 6.45) is 1.93. The van der Waals surface area contributed by atoms with E-state index in [1.165, 1.54) is 22.3 Å². The molecule has 0 saturated carbocycles. The highest BCUT2D eigenvalue weighted by molar-refractivity contribution is 5.55. The van der Waals surface area contributed by atoms with E-state index in [0.717, 1.165) is 0 Å². The summed E-state index contributed by atoms with van der Waals surface area (Å²) in [5, 5.41) is 0. The molecule has 0 fully saturated rings. The van der Waals surface area contributed by atoms with E-state index < -0.39 is 0 Å². The van der Waals surface area contributed by atoms with Crippen LogP contribution in [-0.4, -0.2) is 0 Å². The van der Waals surface area contributed by atoms with Gasteiger partial charge in [0.15, 0.2) is 0 Å². The number of benzene rings is 2. The lowest BCUT2D eigenvalue weighted by Crippen LogP contribution is -2.00. The largest absolute Gasteiger partial charge is 0.0985 e. The summed E-state index contributed by atoms with van der Waals surface area (Å²) >= 11 is 0. The van der Waals surface area contributed by atoms with Gasteiger partial charge in [-0.15, -0.1) is 0 Å². The molecule has 0 nitrogen and oxygen atoms in total. The molecule has 0 amide bonds. The molecule has 0 aliphatic heterocycles. The van der Waals surface area contributed by atoms with Crippen molar-refractivity contribution in [2.24, 2.45) is 0 Å². The number of hydrogen-bond donors (Lipinski definition) is 0. The molecule has 1 unspecified atom stereocenters. The molecule has 2 rings (SSSR count). The van der Waals surface area contributed by atoms with Crippen LogP contribution < -0.4 is 0 Å². The van der Waals surface area contributed by atoms with Crippen LogP contribution in [0.5, 0.6) is 0 Å². The second-order valence-corrected chi connectivity index (χ2v) is 4.41. The molecule has 0 heteroatoms. The van der Waals surface area contributed by atoms with E-state index in [2.05, 4.69) is 69.0 Å². The fourth-order valence-electron chi connectivity index (χ4n) is 2.33. The van der Waals surface area contributed by atoms with E-state index in [1.54, 1.807) is 0 Å². The molecular weight excluding hydrogens is 204 g/mol. The highest BCUT2D eigenvalue weighted by Gasteiger charge is 2.12. The first-order valence-corrected chi connectivity index (χ1v) is 6.01. The van der Waals surface area contributed by atoms with Crippen LogP contribution in [0, 0.1) is 6.92 Å². The topological polar surface area (TPSA) is 0 Å². The van der Waals surface area contributed by atoms with E-state index >= 15 is 0 Å². The van der Waals surface area contributed by atoms with E-state index in [9.17, 15) is 0 Å². The molecule has 0 aliphatic rings. The van der Waals surface area contributed by atoms with Crippen LogP contribution in [0.3, 0.4) is 0 Å². The Morgan fingerprint density at radius 2 is 1.53 bits per heavy atom. The van der Waals surface area contributed by atoms with Gasteiger partial charge in [0.1, 0.15) is 0 Å². The standard InChI is InChI=1S/C17H18/c1-4-15-10-6-8-12-17(15)14(3)16-11-7-5-9-13(16)2/h4-12,14H,1H2,2-3H3. The minimum Gasteiger partial charge on any atom is -0.0985 e. The van der Waals surface area contributed by atoms with Gasteiger partial charge in [0.05, 0.1) is 0 Å². The Morgan fingerprint density at radius 1 is 0.941 bits per heavy atom. The molecule has 86 valence electrons. The quantitative estimate of drug-likeness (QED) is 0.700. The normalized spacial score (nSPS) is 12.1. The molecule has 0 aromatic heterocycles. The number of rotatable bonds is 3. The van der Waals surface area contributed by atoms with E-state index in [4.69, 9.17) is 0 Å². The number of aryl methyl sites for hydroxylation is 1. The molecule has 0 N–H and O–H groups in total. The lowest BCUT2D eigenvalue weighted by molar-refractivity contribution is 0.907.